The number of aromatic amines is 4. The fraction of sp³-hybridized carbons (Fsp3) is 0.385. The van der Waals surface area contributed by atoms with E-state index in [-0.39, 0.29) is 38.2 Å². The van der Waals surface area contributed by atoms with Gasteiger partial charge in [-0.25, -0.2) is 29.9 Å². The standard InChI is InChI=1S/C12H15N.C11H14N2.C11H13NS.C9H12N4.C9H11N3O2/c1-12(2,3)11-8-9-6-4-5-7-10(9)13-11;2*1-11(2,3)10-12-8-6-4-5-7-9(8)13-10;1-9(2,3)8-12-6-4-10-5-11-7(6)13-8;1-9(2,3)8-12-6-5(14-8)7(13)11-4-10-6/h4-8,13H,1-3H3;4-7H,1-3H3,(H,12,13);4-7H,1-3H3;4-5H,1-3H3,(H,10,11,12,13);4H,1-3H3,(H,10,11,13). The quantitative estimate of drug-likeness (QED) is 0.115. The number of hydrogen-bond donors (Lipinski definition) is 4. The second kappa shape index (κ2) is 19.1. The number of rotatable bonds is 0. The molecule has 10 aromatic rings. The van der Waals surface area contributed by atoms with Gasteiger partial charge in [-0.15, -0.1) is 11.3 Å². The van der Waals surface area contributed by atoms with Gasteiger partial charge in [-0.2, -0.15) is 4.98 Å². The first-order valence-electron chi connectivity index (χ1n) is 22.2. The molecule has 4 N–H and O–H groups in total. The molecule has 0 aliphatic rings. The number of aromatic nitrogens is 11. The van der Waals surface area contributed by atoms with Crippen LogP contribution in [0.3, 0.4) is 0 Å². The molecule has 0 fully saturated rings. The summed E-state index contributed by atoms with van der Waals surface area (Å²) in [5, 5.41) is 2.51. The molecule has 7 aromatic heterocycles. The molecule has 0 saturated carbocycles. The number of benzene rings is 3. The Morgan fingerprint density at radius 1 is 0.545 bits per heavy atom. The number of fused-ring (bicyclic) bond motifs is 5. The Labute approximate surface area is 390 Å². The van der Waals surface area contributed by atoms with Gasteiger partial charge in [0.1, 0.15) is 23.5 Å². The lowest BCUT2D eigenvalue weighted by Crippen LogP contribution is -2.12. The molecule has 13 nitrogen and oxygen atoms in total. The van der Waals surface area contributed by atoms with Gasteiger partial charge >= 0.3 is 0 Å². The molecule has 0 aliphatic heterocycles. The zero-order valence-corrected chi connectivity index (χ0v) is 41.9. The lowest BCUT2D eigenvalue weighted by Gasteiger charge is -2.15. The van der Waals surface area contributed by atoms with Gasteiger partial charge in [0.05, 0.1) is 38.8 Å². The Kier molecular flexibility index (Phi) is 14.2. The Morgan fingerprint density at radius 2 is 1.15 bits per heavy atom. The molecule has 66 heavy (non-hydrogen) atoms. The van der Waals surface area contributed by atoms with Crippen LogP contribution in [0.1, 0.15) is 132 Å². The Hall–Kier alpha value is -6.54. The number of oxazole rings is 1. The molecule has 0 bridgehead atoms. The van der Waals surface area contributed by atoms with E-state index in [1.807, 2.05) is 45.0 Å². The van der Waals surface area contributed by atoms with E-state index in [0.717, 1.165) is 39.4 Å². The van der Waals surface area contributed by atoms with Crippen molar-refractivity contribution in [2.24, 2.45) is 0 Å². The van der Waals surface area contributed by atoms with Gasteiger partial charge in [0.2, 0.25) is 17.1 Å². The summed E-state index contributed by atoms with van der Waals surface area (Å²) in [5.41, 5.74) is 8.00. The van der Waals surface area contributed by atoms with Gasteiger partial charge in [-0.1, -0.05) is 146 Å². The highest BCUT2D eigenvalue weighted by Crippen LogP contribution is 2.31. The molecule has 0 spiro atoms. The van der Waals surface area contributed by atoms with Crippen LogP contribution in [0.25, 0.3) is 54.5 Å². The SMILES string of the molecule is CC(C)(C)c1cc2ccccc2[nH]1.CC(C)(C)c1nc2ccccc2[nH]1.CC(C)(C)c1nc2ccccc2s1.CC(C)(C)c1nc2nc[nH]c(=O)c2o1.CC(C)(C)c1nc2ncncc2[nH]1. The van der Waals surface area contributed by atoms with E-state index in [0.29, 0.717) is 11.5 Å². The second-order valence-electron chi connectivity index (χ2n) is 21.4. The molecule has 0 aliphatic carbocycles. The summed E-state index contributed by atoms with van der Waals surface area (Å²) in [6, 6.07) is 27.0. The number of imidazole rings is 2. The van der Waals surface area contributed by atoms with Crippen molar-refractivity contribution in [3.63, 3.8) is 0 Å². The first-order valence-corrected chi connectivity index (χ1v) is 23.0. The highest BCUT2D eigenvalue weighted by Gasteiger charge is 2.23. The summed E-state index contributed by atoms with van der Waals surface area (Å²) in [5.74, 6) is 2.52. The fourth-order valence-corrected chi connectivity index (χ4v) is 7.20. The Balaban J connectivity index is 0.000000136. The first-order chi connectivity index (χ1) is 30.8. The van der Waals surface area contributed by atoms with Crippen LogP contribution in [0, 0.1) is 0 Å². The summed E-state index contributed by atoms with van der Waals surface area (Å²) in [6.07, 6.45) is 4.57. The van der Waals surface area contributed by atoms with Crippen molar-refractivity contribution in [2.45, 2.75) is 131 Å². The molecule has 3 aromatic carbocycles. The predicted molar refractivity (Wildman–Crippen MR) is 272 cm³/mol. The van der Waals surface area contributed by atoms with Gasteiger partial charge in [0.25, 0.3) is 5.56 Å². The van der Waals surface area contributed by atoms with Crippen molar-refractivity contribution in [1.29, 1.82) is 0 Å². The van der Waals surface area contributed by atoms with Crippen molar-refractivity contribution < 1.29 is 4.42 Å². The molecule has 346 valence electrons. The van der Waals surface area contributed by atoms with Crippen LogP contribution >= 0.6 is 11.3 Å². The van der Waals surface area contributed by atoms with Crippen molar-refractivity contribution in [1.82, 2.24) is 54.8 Å². The van der Waals surface area contributed by atoms with Crippen LogP contribution in [0.2, 0.25) is 0 Å². The predicted octanol–water partition coefficient (Wildman–Crippen LogP) is 12.8. The van der Waals surface area contributed by atoms with Crippen molar-refractivity contribution in [3.8, 4) is 0 Å². The molecule has 0 radical (unpaired) electrons. The number of H-pyrrole nitrogens is 4. The number of para-hydroxylation sites is 4. The van der Waals surface area contributed by atoms with Crippen LogP contribution in [0.4, 0.5) is 0 Å². The van der Waals surface area contributed by atoms with Gasteiger partial charge < -0.3 is 24.4 Å². The van der Waals surface area contributed by atoms with Crippen LogP contribution < -0.4 is 5.56 Å². The molecule has 0 saturated heterocycles. The van der Waals surface area contributed by atoms with E-state index in [2.05, 4.69) is 193 Å². The largest absolute Gasteiger partial charge is 0.432 e. The normalized spacial score (nSPS) is 12.2. The van der Waals surface area contributed by atoms with Crippen molar-refractivity contribution in [3.05, 3.63) is 136 Å². The van der Waals surface area contributed by atoms with Crippen molar-refractivity contribution in [2.75, 3.05) is 0 Å². The van der Waals surface area contributed by atoms with E-state index in [4.69, 9.17) is 4.42 Å². The third-order valence-electron chi connectivity index (χ3n) is 10.1. The molecule has 7 heterocycles. The lowest BCUT2D eigenvalue weighted by atomic mass is 9.92. The maximum absolute atomic E-state index is 11.3. The number of nitrogens with one attached hydrogen (secondary N) is 4. The summed E-state index contributed by atoms with van der Waals surface area (Å²) >= 11 is 1.79. The highest BCUT2D eigenvalue weighted by atomic mass is 32.1. The summed E-state index contributed by atoms with van der Waals surface area (Å²) in [6.45, 7) is 31.9. The molecule has 0 atom stereocenters. The summed E-state index contributed by atoms with van der Waals surface area (Å²) in [7, 11) is 0. The van der Waals surface area contributed by atoms with Crippen LogP contribution in [0.5, 0.6) is 0 Å². The van der Waals surface area contributed by atoms with E-state index in [1.165, 1.54) is 39.0 Å². The third kappa shape index (κ3) is 12.4. The zero-order chi connectivity index (χ0) is 48.2. The molecule has 10 rings (SSSR count). The molecular weight excluding hydrogens is 843 g/mol. The minimum absolute atomic E-state index is 0.0285. The minimum Gasteiger partial charge on any atom is -0.432 e. The van der Waals surface area contributed by atoms with Gasteiger partial charge in [0, 0.05) is 38.3 Å². The topological polar surface area (TPSA) is 184 Å². The maximum Gasteiger partial charge on any atom is 0.296 e. The van der Waals surface area contributed by atoms with Crippen LogP contribution in [-0.4, -0.2) is 54.8 Å². The molecule has 0 unspecified atom stereocenters. The number of thiazole rings is 1. The first kappa shape index (κ1) is 48.9. The highest BCUT2D eigenvalue weighted by molar-refractivity contribution is 7.18. The van der Waals surface area contributed by atoms with Gasteiger partial charge in [-0.05, 0) is 41.8 Å². The number of nitrogens with zero attached hydrogens (tertiary/aromatic N) is 7. The molecular formula is C52H65N11O2S. The fourth-order valence-electron chi connectivity index (χ4n) is 6.18. The van der Waals surface area contributed by atoms with E-state index >= 15 is 0 Å². The molecule has 14 heteroatoms. The van der Waals surface area contributed by atoms with Crippen molar-refractivity contribution >= 4 is 65.9 Å². The lowest BCUT2D eigenvalue weighted by molar-refractivity contribution is 0.409. The van der Waals surface area contributed by atoms with Crippen LogP contribution in [0.15, 0.2) is 107 Å². The average Bonchev–Trinajstić information content (AvgIpc) is 4.08. The second-order valence-corrected chi connectivity index (χ2v) is 22.4. The van der Waals surface area contributed by atoms with E-state index in [1.54, 1.807) is 17.5 Å². The Bertz CT molecular complexity index is 2750. The number of hydrogen-bond acceptors (Lipinski definition) is 10. The maximum atomic E-state index is 11.3. The zero-order valence-electron chi connectivity index (χ0n) is 41.1. The third-order valence-corrected chi connectivity index (χ3v) is 11.5. The summed E-state index contributed by atoms with van der Waals surface area (Å²) in [4.78, 5) is 53.2. The average molecular weight is 908 g/mol. The monoisotopic (exact) mass is 908 g/mol. The minimum atomic E-state index is -0.294. The Morgan fingerprint density at radius 3 is 1.73 bits per heavy atom. The van der Waals surface area contributed by atoms with Gasteiger partial charge in [0.15, 0.2) is 5.65 Å². The summed E-state index contributed by atoms with van der Waals surface area (Å²) < 4.78 is 6.63. The smallest absolute Gasteiger partial charge is 0.296 e. The van der Waals surface area contributed by atoms with E-state index in [9.17, 15) is 4.79 Å². The van der Waals surface area contributed by atoms with E-state index < -0.39 is 0 Å². The van der Waals surface area contributed by atoms with Crippen LogP contribution in [-0.2, 0) is 27.1 Å². The van der Waals surface area contributed by atoms with Gasteiger partial charge in [-0.3, -0.25) is 4.79 Å². The molecule has 0 amide bonds.